The third-order valence-corrected chi connectivity index (χ3v) is 9.18. The second-order valence-corrected chi connectivity index (χ2v) is 12.2. The van der Waals surface area contributed by atoms with Gasteiger partial charge in [-0.15, -0.1) is 0 Å². The number of nitrogens with zero attached hydrogens (tertiary/aromatic N) is 1. The molecule has 0 unspecified atom stereocenters. The zero-order valence-corrected chi connectivity index (χ0v) is 15.4. The van der Waals surface area contributed by atoms with Crippen LogP contribution in [0.15, 0.2) is 30.3 Å². The Morgan fingerprint density at radius 3 is 2.22 bits per heavy atom. The molecule has 1 aliphatic rings. The van der Waals surface area contributed by atoms with Crippen LogP contribution in [0.25, 0.3) is 0 Å². The van der Waals surface area contributed by atoms with Gasteiger partial charge in [-0.05, 0) is 23.7 Å². The smallest absolute Gasteiger partial charge is 0.261 e. The van der Waals surface area contributed by atoms with Crippen molar-refractivity contribution in [1.29, 1.82) is 0 Å². The first-order chi connectivity index (χ1) is 10.5. The summed E-state index contributed by atoms with van der Waals surface area (Å²) < 4.78 is 6.00. The molecule has 0 bridgehead atoms. The molecule has 0 spiro atoms. The van der Waals surface area contributed by atoms with Crippen LogP contribution in [-0.2, 0) is 20.6 Å². The van der Waals surface area contributed by atoms with Gasteiger partial charge in [0, 0.05) is 0 Å². The van der Waals surface area contributed by atoms with Gasteiger partial charge >= 0.3 is 0 Å². The molecule has 2 atom stereocenters. The Bertz CT molecular complexity index is 594. The molecule has 0 aromatic heterocycles. The van der Waals surface area contributed by atoms with Crippen molar-refractivity contribution in [1.82, 2.24) is 4.90 Å². The van der Waals surface area contributed by atoms with Crippen LogP contribution >= 0.6 is 0 Å². The highest BCUT2D eigenvalue weighted by molar-refractivity contribution is 6.74. The lowest BCUT2D eigenvalue weighted by Gasteiger charge is -2.38. The molecular weight excluding hydrogens is 310 g/mol. The van der Waals surface area contributed by atoms with Crippen molar-refractivity contribution in [2.24, 2.45) is 0 Å². The molecule has 1 N–H and O–H groups in total. The first-order valence-electron chi connectivity index (χ1n) is 7.79. The number of aliphatic hydroxyl groups is 1. The summed E-state index contributed by atoms with van der Waals surface area (Å²) in [5.74, 6) is -1.03. The monoisotopic (exact) mass is 335 g/mol. The Hall–Kier alpha value is -1.50. The number of imide groups is 1. The minimum Gasteiger partial charge on any atom is -0.403 e. The van der Waals surface area contributed by atoms with E-state index in [-0.39, 0.29) is 11.6 Å². The zero-order valence-electron chi connectivity index (χ0n) is 14.4. The van der Waals surface area contributed by atoms with E-state index in [0.717, 1.165) is 10.5 Å². The molecule has 1 heterocycles. The maximum Gasteiger partial charge on any atom is 0.261 e. The van der Waals surface area contributed by atoms with Crippen molar-refractivity contribution in [2.75, 3.05) is 0 Å². The van der Waals surface area contributed by atoms with E-state index in [2.05, 4.69) is 20.8 Å². The van der Waals surface area contributed by atoms with Crippen LogP contribution in [0.4, 0.5) is 0 Å². The maximum absolute atomic E-state index is 12.6. The highest BCUT2D eigenvalue weighted by Crippen LogP contribution is 2.38. The molecule has 1 aromatic carbocycles. The van der Waals surface area contributed by atoms with Crippen LogP contribution < -0.4 is 0 Å². The van der Waals surface area contributed by atoms with Crippen LogP contribution in [0.1, 0.15) is 26.3 Å². The van der Waals surface area contributed by atoms with E-state index in [4.69, 9.17) is 4.43 Å². The van der Waals surface area contributed by atoms with Crippen molar-refractivity contribution < 1.29 is 19.1 Å². The molecule has 1 aliphatic heterocycles. The number of carbonyl (C=O) groups is 2. The fraction of sp³-hybridized carbons (Fsp3) is 0.529. The molecule has 1 aromatic rings. The summed E-state index contributed by atoms with van der Waals surface area (Å²) in [5, 5.41) is 10.1. The predicted octanol–water partition coefficient (Wildman–Crippen LogP) is 2.31. The van der Waals surface area contributed by atoms with Crippen LogP contribution in [0.5, 0.6) is 0 Å². The molecular formula is C17H25NO4Si. The lowest BCUT2D eigenvalue weighted by Crippen LogP contribution is -2.48. The summed E-state index contributed by atoms with van der Waals surface area (Å²) >= 11 is 0. The summed E-state index contributed by atoms with van der Waals surface area (Å²) in [6.45, 7) is 10.3. The van der Waals surface area contributed by atoms with Gasteiger partial charge < -0.3 is 9.53 Å². The van der Waals surface area contributed by atoms with Crippen molar-refractivity contribution in [3.05, 3.63) is 35.9 Å². The molecule has 0 radical (unpaired) electrons. The Morgan fingerprint density at radius 2 is 1.70 bits per heavy atom. The normalized spacial score (nSPS) is 22.8. The average molecular weight is 335 g/mol. The topological polar surface area (TPSA) is 66.8 Å². The molecule has 0 aliphatic carbocycles. The quantitative estimate of drug-likeness (QED) is 0.677. The Kier molecular flexibility index (Phi) is 4.80. The number of carbonyl (C=O) groups excluding carboxylic acids is 2. The van der Waals surface area contributed by atoms with Gasteiger partial charge in [-0.2, -0.15) is 0 Å². The van der Waals surface area contributed by atoms with Gasteiger partial charge in [0.25, 0.3) is 11.8 Å². The molecule has 126 valence electrons. The number of rotatable bonds is 4. The predicted molar refractivity (Wildman–Crippen MR) is 90.1 cm³/mol. The molecule has 2 rings (SSSR count). The van der Waals surface area contributed by atoms with Gasteiger partial charge in [0.15, 0.2) is 20.5 Å². The largest absolute Gasteiger partial charge is 0.403 e. The second-order valence-electron chi connectivity index (χ2n) is 7.49. The summed E-state index contributed by atoms with van der Waals surface area (Å²) in [6.07, 6.45) is -2.51. The van der Waals surface area contributed by atoms with Gasteiger partial charge in [0.2, 0.25) is 0 Å². The molecule has 23 heavy (non-hydrogen) atoms. The number of benzene rings is 1. The Labute approximate surface area is 138 Å². The van der Waals surface area contributed by atoms with Crippen molar-refractivity contribution in [2.45, 2.75) is 57.7 Å². The van der Waals surface area contributed by atoms with E-state index in [1.54, 1.807) is 0 Å². The van der Waals surface area contributed by atoms with Gasteiger partial charge in [0.05, 0.1) is 6.54 Å². The van der Waals surface area contributed by atoms with Crippen molar-refractivity contribution in [3.8, 4) is 0 Å². The highest BCUT2D eigenvalue weighted by atomic mass is 28.4. The second kappa shape index (κ2) is 6.18. The fourth-order valence-electron chi connectivity index (χ4n) is 2.22. The van der Waals surface area contributed by atoms with E-state index in [0.29, 0.717) is 0 Å². The van der Waals surface area contributed by atoms with Crippen LogP contribution in [0.2, 0.25) is 18.1 Å². The first kappa shape index (κ1) is 17.8. The van der Waals surface area contributed by atoms with Gasteiger partial charge in [-0.1, -0.05) is 51.1 Å². The zero-order chi connectivity index (χ0) is 17.4. The van der Waals surface area contributed by atoms with E-state index in [1.807, 2.05) is 43.4 Å². The van der Waals surface area contributed by atoms with Gasteiger partial charge in [0.1, 0.15) is 0 Å². The van der Waals surface area contributed by atoms with Crippen molar-refractivity contribution >= 4 is 20.1 Å². The summed E-state index contributed by atoms with van der Waals surface area (Å²) in [6, 6.07) is 9.25. The van der Waals surface area contributed by atoms with Crippen LogP contribution in [0.3, 0.4) is 0 Å². The summed E-state index contributed by atoms with van der Waals surface area (Å²) in [5.41, 5.74) is 0.842. The lowest BCUT2D eigenvalue weighted by molar-refractivity contribution is -0.141. The fourth-order valence-corrected chi connectivity index (χ4v) is 3.44. The maximum atomic E-state index is 12.6. The number of hydrogen-bond acceptors (Lipinski definition) is 4. The third-order valence-electron chi connectivity index (χ3n) is 4.73. The Balaban J connectivity index is 2.18. The van der Waals surface area contributed by atoms with Gasteiger partial charge in [-0.25, -0.2) is 0 Å². The molecule has 2 amide bonds. The SMILES string of the molecule is CC(C)(C)[Si](C)(C)O[C@H]1C(=O)N(Cc2ccccc2)C(=O)[C@@H]1O. The third kappa shape index (κ3) is 3.54. The molecule has 5 nitrogen and oxygen atoms in total. The Morgan fingerprint density at radius 1 is 1.13 bits per heavy atom. The first-order valence-corrected chi connectivity index (χ1v) is 10.7. The number of likely N-dealkylation sites (tertiary alicyclic amines) is 1. The summed E-state index contributed by atoms with van der Waals surface area (Å²) in [4.78, 5) is 25.9. The number of aliphatic hydroxyl groups excluding tert-OH is 1. The number of hydrogen-bond donors (Lipinski definition) is 1. The van der Waals surface area contributed by atoms with Crippen LogP contribution in [0, 0.1) is 0 Å². The summed E-state index contributed by atoms with van der Waals surface area (Å²) in [7, 11) is -2.26. The van der Waals surface area contributed by atoms with Crippen molar-refractivity contribution in [3.63, 3.8) is 0 Å². The average Bonchev–Trinajstić information content (AvgIpc) is 2.65. The minimum absolute atomic E-state index is 0.108. The lowest BCUT2D eigenvalue weighted by atomic mass is 10.2. The standard InChI is InChI=1S/C17H25NO4Si/c1-17(2,3)23(4,5)22-14-13(19)15(20)18(16(14)21)11-12-9-7-6-8-10-12/h6-10,13-14,19H,11H2,1-5H3/t13-,14-/m1/s1. The molecule has 1 fully saturated rings. The van der Waals surface area contributed by atoms with Crippen LogP contribution in [-0.4, -0.2) is 42.3 Å². The van der Waals surface area contributed by atoms with E-state index < -0.39 is 32.3 Å². The van der Waals surface area contributed by atoms with E-state index in [1.165, 1.54) is 0 Å². The molecule has 0 saturated carbocycles. The van der Waals surface area contributed by atoms with E-state index in [9.17, 15) is 14.7 Å². The minimum atomic E-state index is -2.26. The molecule has 1 saturated heterocycles. The molecule has 6 heteroatoms. The van der Waals surface area contributed by atoms with Gasteiger partial charge in [-0.3, -0.25) is 14.5 Å². The van der Waals surface area contributed by atoms with E-state index >= 15 is 0 Å². The number of amides is 2. The highest BCUT2D eigenvalue weighted by Gasteiger charge is 2.51.